The van der Waals surface area contributed by atoms with E-state index in [1.807, 2.05) is 62.4 Å². The van der Waals surface area contributed by atoms with Crippen LogP contribution in [0.25, 0.3) is 0 Å². The van der Waals surface area contributed by atoms with Crippen molar-refractivity contribution in [2.45, 2.75) is 26.4 Å². The summed E-state index contributed by atoms with van der Waals surface area (Å²) in [6.07, 6.45) is 0.398. The third-order valence-corrected chi connectivity index (χ3v) is 3.16. The maximum Gasteiger partial charge on any atom is 0.228 e. The highest BCUT2D eigenvalue weighted by Crippen LogP contribution is 2.18. The van der Waals surface area contributed by atoms with Crippen molar-refractivity contribution in [3.8, 4) is 11.5 Å². The lowest BCUT2D eigenvalue weighted by atomic mass is 10.1. The number of carbonyl (C=O) groups is 1. The summed E-state index contributed by atoms with van der Waals surface area (Å²) in [5, 5.41) is 2.87. The molecule has 2 aromatic rings. The highest BCUT2D eigenvalue weighted by Gasteiger charge is 2.06. The first-order valence-electron chi connectivity index (χ1n) is 8.05. The van der Waals surface area contributed by atoms with Gasteiger partial charge in [-0.15, -0.1) is 0 Å². The normalized spacial score (nSPS) is 10.5. The van der Waals surface area contributed by atoms with Crippen molar-refractivity contribution in [2.24, 2.45) is 5.73 Å². The molecule has 5 nitrogen and oxygen atoms in total. The zero-order chi connectivity index (χ0) is 17.4. The summed E-state index contributed by atoms with van der Waals surface area (Å²) in [7, 11) is 0. The van der Waals surface area contributed by atoms with Crippen molar-refractivity contribution in [1.29, 1.82) is 0 Å². The summed E-state index contributed by atoms with van der Waals surface area (Å²) in [6.45, 7) is 4.89. The molecule has 0 aliphatic heterocycles. The van der Waals surface area contributed by atoms with Crippen LogP contribution in [0.5, 0.6) is 11.5 Å². The van der Waals surface area contributed by atoms with Crippen LogP contribution in [0.2, 0.25) is 0 Å². The number of amides is 1. The van der Waals surface area contributed by atoms with Gasteiger partial charge in [0.2, 0.25) is 5.91 Å². The Labute approximate surface area is 142 Å². The fourth-order valence-electron chi connectivity index (χ4n) is 2.20. The molecule has 0 saturated heterocycles. The monoisotopic (exact) mass is 328 g/mol. The zero-order valence-electron chi connectivity index (χ0n) is 14.1. The van der Waals surface area contributed by atoms with Gasteiger partial charge in [0.05, 0.1) is 12.5 Å². The Morgan fingerprint density at radius 1 is 1.12 bits per heavy atom. The van der Waals surface area contributed by atoms with Gasteiger partial charge in [-0.2, -0.15) is 0 Å². The lowest BCUT2D eigenvalue weighted by molar-refractivity contribution is -0.115. The molecule has 3 N–H and O–H groups in total. The zero-order valence-corrected chi connectivity index (χ0v) is 14.1. The van der Waals surface area contributed by atoms with Crippen LogP contribution < -0.4 is 20.5 Å². The van der Waals surface area contributed by atoms with Crippen LogP contribution in [-0.2, 0) is 11.2 Å². The predicted molar refractivity (Wildman–Crippen MR) is 95.5 cm³/mol. The van der Waals surface area contributed by atoms with Crippen LogP contribution >= 0.6 is 0 Å². The third kappa shape index (κ3) is 5.93. The van der Waals surface area contributed by atoms with Gasteiger partial charge in [0.1, 0.15) is 18.1 Å². The van der Waals surface area contributed by atoms with Crippen LogP contribution in [0, 0.1) is 0 Å². The van der Waals surface area contributed by atoms with E-state index in [0.29, 0.717) is 19.6 Å². The standard InChI is InChI=1S/C19H24N2O3/c1-14(2)24-18-5-3-4-15(12-18)13-19(22)21-16-6-8-17(9-7-16)23-11-10-20/h3-9,12,14H,10-11,13,20H2,1-2H3,(H,21,22). The number of hydrogen-bond acceptors (Lipinski definition) is 4. The van der Waals surface area contributed by atoms with Gasteiger partial charge in [0.15, 0.2) is 0 Å². The fraction of sp³-hybridized carbons (Fsp3) is 0.316. The van der Waals surface area contributed by atoms with Gasteiger partial charge in [0, 0.05) is 12.2 Å². The molecule has 1 amide bonds. The molecule has 0 aliphatic rings. The van der Waals surface area contributed by atoms with E-state index in [0.717, 1.165) is 22.7 Å². The lowest BCUT2D eigenvalue weighted by Crippen LogP contribution is -2.14. The molecule has 5 heteroatoms. The Hall–Kier alpha value is -2.53. The van der Waals surface area contributed by atoms with Gasteiger partial charge in [-0.25, -0.2) is 0 Å². The predicted octanol–water partition coefficient (Wildman–Crippen LogP) is 2.99. The Morgan fingerprint density at radius 3 is 2.54 bits per heavy atom. The summed E-state index contributed by atoms with van der Waals surface area (Å²) < 4.78 is 11.0. The molecule has 2 aromatic carbocycles. The van der Waals surface area contributed by atoms with Crippen molar-refractivity contribution in [1.82, 2.24) is 0 Å². The number of hydrogen-bond donors (Lipinski definition) is 2. The van der Waals surface area contributed by atoms with Gasteiger partial charge in [-0.1, -0.05) is 12.1 Å². The molecule has 0 spiro atoms. The number of anilines is 1. The Kier molecular flexibility index (Phi) is 6.63. The number of nitrogens with one attached hydrogen (secondary N) is 1. The van der Waals surface area contributed by atoms with E-state index in [1.54, 1.807) is 0 Å². The summed E-state index contributed by atoms with van der Waals surface area (Å²) >= 11 is 0. The second-order valence-corrected chi connectivity index (χ2v) is 5.70. The van der Waals surface area contributed by atoms with Crippen molar-refractivity contribution >= 4 is 11.6 Å². The van der Waals surface area contributed by atoms with Gasteiger partial charge in [-0.05, 0) is 55.8 Å². The minimum Gasteiger partial charge on any atom is -0.492 e. The molecule has 128 valence electrons. The number of ether oxygens (including phenoxy) is 2. The molecule has 0 saturated carbocycles. The van der Waals surface area contributed by atoms with E-state index in [1.165, 1.54) is 0 Å². The van der Waals surface area contributed by atoms with E-state index >= 15 is 0 Å². The van der Waals surface area contributed by atoms with Gasteiger partial charge >= 0.3 is 0 Å². The largest absolute Gasteiger partial charge is 0.492 e. The van der Waals surface area contributed by atoms with Crippen LogP contribution in [0.15, 0.2) is 48.5 Å². The minimum atomic E-state index is -0.0766. The highest BCUT2D eigenvalue weighted by molar-refractivity contribution is 5.92. The van der Waals surface area contributed by atoms with E-state index < -0.39 is 0 Å². The van der Waals surface area contributed by atoms with E-state index in [4.69, 9.17) is 15.2 Å². The van der Waals surface area contributed by atoms with Crippen molar-refractivity contribution in [2.75, 3.05) is 18.5 Å². The first kappa shape index (κ1) is 17.8. The first-order valence-corrected chi connectivity index (χ1v) is 8.05. The molecule has 0 unspecified atom stereocenters. The Balaban J connectivity index is 1.91. The fourth-order valence-corrected chi connectivity index (χ4v) is 2.20. The molecule has 0 bridgehead atoms. The second-order valence-electron chi connectivity index (χ2n) is 5.70. The lowest BCUT2D eigenvalue weighted by Gasteiger charge is -2.11. The van der Waals surface area contributed by atoms with Crippen molar-refractivity contribution in [3.05, 3.63) is 54.1 Å². The first-order chi connectivity index (χ1) is 11.6. The van der Waals surface area contributed by atoms with Gasteiger partial charge in [0.25, 0.3) is 0 Å². The van der Waals surface area contributed by atoms with Crippen LogP contribution in [0.4, 0.5) is 5.69 Å². The van der Waals surface area contributed by atoms with Gasteiger partial charge in [-0.3, -0.25) is 4.79 Å². The summed E-state index contributed by atoms with van der Waals surface area (Å²) in [6, 6.07) is 14.8. The number of benzene rings is 2. The molecule has 2 rings (SSSR count). The molecule has 0 radical (unpaired) electrons. The van der Waals surface area contributed by atoms with Crippen LogP contribution in [0.3, 0.4) is 0 Å². The maximum atomic E-state index is 12.2. The average Bonchev–Trinajstić information content (AvgIpc) is 2.54. The maximum absolute atomic E-state index is 12.2. The number of carbonyl (C=O) groups excluding carboxylic acids is 1. The van der Waals surface area contributed by atoms with Crippen LogP contribution in [-0.4, -0.2) is 25.2 Å². The molecule has 0 aliphatic carbocycles. The van der Waals surface area contributed by atoms with Crippen molar-refractivity contribution < 1.29 is 14.3 Å². The van der Waals surface area contributed by atoms with E-state index in [2.05, 4.69) is 5.32 Å². The van der Waals surface area contributed by atoms with Gasteiger partial charge < -0.3 is 20.5 Å². The third-order valence-electron chi connectivity index (χ3n) is 3.16. The minimum absolute atomic E-state index is 0.0766. The molecule has 0 atom stereocenters. The topological polar surface area (TPSA) is 73.6 Å². The van der Waals surface area contributed by atoms with E-state index in [-0.39, 0.29) is 12.0 Å². The SMILES string of the molecule is CC(C)Oc1cccc(CC(=O)Nc2ccc(OCCN)cc2)c1. The van der Waals surface area contributed by atoms with Crippen molar-refractivity contribution in [3.63, 3.8) is 0 Å². The second kappa shape index (κ2) is 8.93. The molecule has 0 aromatic heterocycles. The van der Waals surface area contributed by atoms with Crippen LogP contribution in [0.1, 0.15) is 19.4 Å². The molecule has 0 heterocycles. The quantitative estimate of drug-likeness (QED) is 0.781. The molecular formula is C19H24N2O3. The number of rotatable bonds is 8. The summed E-state index contributed by atoms with van der Waals surface area (Å²) in [5.41, 5.74) is 7.03. The summed E-state index contributed by atoms with van der Waals surface area (Å²) in [4.78, 5) is 12.2. The smallest absolute Gasteiger partial charge is 0.228 e. The molecular weight excluding hydrogens is 304 g/mol. The average molecular weight is 328 g/mol. The highest BCUT2D eigenvalue weighted by atomic mass is 16.5. The Morgan fingerprint density at radius 2 is 1.88 bits per heavy atom. The summed E-state index contributed by atoms with van der Waals surface area (Å²) in [5.74, 6) is 1.43. The Bertz CT molecular complexity index is 654. The number of nitrogens with two attached hydrogens (primary N) is 1. The van der Waals surface area contributed by atoms with E-state index in [9.17, 15) is 4.79 Å². The molecule has 0 fully saturated rings. The molecule has 24 heavy (non-hydrogen) atoms.